The number of likely N-dealkylation sites (tertiary alicyclic amines) is 1. The molecule has 1 aromatic rings. The van der Waals surface area contributed by atoms with Gasteiger partial charge in [-0.25, -0.2) is 4.79 Å². The summed E-state index contributed by atoms with van der Waals surface area (Å²) in [6.07, 6.45) is 5.97. The van der Waals surface area contributed by atoms with Crippen LogP contribution in [0, 0.1) is 5.92 Å². The third-order valence-electron chi connectivity index (χ3n) is 4.39. The van der Waals surface area contributed by atoms with Crippen molar-refractivity contribution in [3.63, 3.8) is 0 Å². The summed E-state index contributed by atoms with van der Waals surface area (Å²) in [5.74, 6) is 1.08. The van der Waals surface area contributed by atoms with Crippen LogP contribution in [0.4, 0.5) is 4.79 Å². The highest BCUT2D eigenvalue weighted by Crippen LogP contribution is 2.46. The largest absolute Gasteiger partial charge is 0.490 e. The van der Waals surface area contributed by atoms with Crippen molar-refractivity contribution in [2.24, 2.45) is 5.92 Å². The molecule has 2 heterocycles. The SMILES string of the molecule is CC(C)(C)OC(=O)N1CC[C@H]1COc1cncc(C2C[C@H]2C=O)c1. The fraction of sp³-hybridized carbons (Fsp3) is 0.611. The van der Waals surface area contributed by atoms with Gasteiger partial charge in [-0.1, -0.05) is 0 Å². The third kappa shape index (κ3) is 3.86. The predicted octanol–water partition coefficient (Wildman–Crippen LogP) is 2.77. The average molecular weight is 332 g/mol. The van der Waals surface area contributed by atoms with E-state index < -0.39 is 5.60 Å². The minimum Gasteiger partial charge on any atom is -0.490 e. The second kappa shape index (κ2) is 6.42. The summed E-state index contributed by atoms with van der Waals surface area (Å²) in [6.45, 7) is 6.70. The molecule has 0 spiro atoms. The molecule has 6 nitrogen and oxygen atoms in total. The van der Waals surface area contributed by atoms with Crippen LogP contribution in [0.15, 0.2) is 18.5 Å². The predicted molar refractivity (Wildman–Crippen MR) is 88.0 cm³/mol. The Hall–Kier alpha value is -2.11. The first-order valence-corrected chi connectivity index (χ1v) is 8.40. The van der Waals surface area contributed by atoms with E-state index in [-0.39, 0.29) is 24.0 Å². The van der Waals surface area contributed by atoms with E-state index in [0.29, 0.717) is 18.9 Å². The number of carbonyl (C=O) groups is 2. The van der Waals surface area contributed by atoms with Crippen molar-refractivity contribution in [3.05, 3.63) is 24.0 Å². The van der Waals surface area contributed by atoms with Gasteiger partial charge in [0.05, 0.1) is 12.2 Å². The Morgan fingerprint density at radius 3 is 2.79 bits per heavy atom. The van der Waals surface area contributed by atoms with E-state index in [4.69, 9.17) is 9.47 Å². The first-order valence-electron chi connectivity index (χ1n) is 8.40. The summed E-state index contributed by atoms with van der Waals surface area (Å²) >= 11 is 0. The summed E-state index contributed by atoms with van der Waals surface area (Å²) in [5, 5.41) is 0. The molecule has 0 aromatic carbocycles. The molecule has 1 aromatic heterocycles. The van der Waals surface area contributed by atoms with E-state index in [1.165, 1.54) is 0 Å². The van der Waals surface area contributed by atoms with Crippen LogP contribution in [-0.4, -0.2) is 47.1 Å². The molecule has 24 heavy (non-hydrogen) atoms. The highest BCUT2D eigenvalue weighted by molar-refractivity contribution is 5.69. The number of amides is 1. The Balaban J connectivity index is 1.52. The molecule has 0 N–H and O–H groups in total. The number of rotatable bonds is 5. The number of carbonyl (C=O) groups excluding carboxylic acids is 2. The molecule has 1 amide bonds. The summed E-state index contributed by atoms with van der Waals surface area (Å²) in [5.41, 5.74) is 0.553. The smallest absolute Gasteiger partial charge is 0.410 e. The molecule has 3 atom stereocenters. The summed E-state index contributed by atoms with van der Waals surface area (Å²) in [6, 6.07) is 1.98. The average Bonchev–Trinajstić information content (AvgIpc) is 3.24. The Bertz CT molecular complexity index is 626. The normalized spacial score (nSPS) is 25.6. The van der Waals surface area contributed by atoms with Crippen molar-refractivity contribution >= 4 is 12.4 Å². The van der Waals surface area contributed by atoms with Crippen LogP contribution in [0.25, 0.3) is 0 Å². The van der Waals surface area contributed by atoms with Gasteiger partial charge >= 0.3 is 6.09 Å². The van der Waals surface area contributed by atoms with Crippen LogP contribution < -0.4 is 4.74 Å². The molecule has 130 valence electrons. The molecular formula is C18H24N2O4. The Morgan fingerprint density at radius 1 is 1.42 bits per heavy atom. The first kappa shape index (κ1) is 16.7. The van der Waals surface area contributed by atoms with E-state index in [1.807, 2.05) is 26.8 Å². The maximum atomic E-state index is 12.1. The van der Waals surface area contributed by atoms with E-state index in [9.17, 15) is 9.59 Å². The van der Waals surface area contributed by atoms with Gasteiger partial charge in [-0.2, -0.15) is 0 Å². The summed E-state index contributed by atoms with van der Waals surface area (Å²) in [7, 11) is 0. The van der Waals surface area contributed by atoms with Crippen molar-refractivity contribution < 1.29 is 19.1 Å². The van der Waals surface area contributed by atoms with Gasteiger partial charge in [0.1, 0.15) is 24.2 Å². The molecule has 2 aliphatic rings. The Morgan fingerprint density at radius 2 is 2.21 bits per heavy atom. The van der Waals surface area contributed by atoms with Gasteiger partial charge in [0.25, 0.3) is 0 Å². The Kier molecular flexibility index (Phi) is 4.47. The van der Waals surface area contributed by atoms with Gasteiger partial charge in [-0.3, -0.25) is 4.98 Å². The van der Waals surface area contributed by atoms with E-state index in [0.717, 1.165) is 24.7 Å². The highest BCUT2D eigenvalue weighted by Gasteiger charge is 2.39. The van der Waals surface area contributed by atoms with Crippen LogP contribution in [0.1, 0.15) is 45.1 Å². The van der Waals surface area contributed by atoms with Crippen molar-refractivity contribution in [3.8, 4) is 5.75 Å². The lowest BCUT2D eigenvalue weighted by atomic mass is 10.1. The summed E-state index contributed by atoms with van der Waals surface area (Å²) in [4.78, 5) is 28.8. The molecule has 0 radical (unpaired) electrons. The topological polar surface area (TPSA) is 68.7 Å². The third-order valence-corrected chi connectivity index (χ3v) is 4.39. The van der Waals surface area contributed by atoms with Gasteiger partial charge < -0.3 is 19.2 Å². The van der Waals surface area contributed by atoms with Gasteiger partial charge in [0, 0.05) is 18.7 Å². The lowest BCUT2D eigenvalue weighted by molar-refractivity contribution is -0.108. The number of pyridine rings is 1. The van der Waals surface area contributed by atoms with Crippen LogP contribution in [0.2, 0.25) is 0 Å². The van der Waals surface area contributed by atoms with Crippen molar-refractivity contribution in [2.45, 2.75) is 51.2 Å². The standard InChI is InChI=1S/C18H24N2O4/c1-18(2,3)24-17(22)20-5-4-14(20)11-23-15-6-12(8-19-9-15)16-7-13(16)10-21/h6,8-10,13-14,16H,4-5,7,11H2,1-3H3/t13-,14-,16?/m0/s1. The second-order valence-electron chi connectivity index (χ2n) is 7.52. The Labute approximate surface area is 142 Å². The molecule has 0 bridgehead atoms. The molecule has 1 saturated carbocycles. The number of hydrogen-bond donors (Lipinski definition) is 0. The zero-order chi connectivity index (χ0) is 17.3. The van der Waals surface area contributed by atoms with Crippen LogP contribution in [0.3, 0.4) is 0 Å². The molecule has 3 rings (SSSR count). The maximum absolute atomic E-state index is 12.1. The van der Waals surface area contributed by atoms with Crippen LogP contribution in [0.5, 0.6) is 5.75 Å². The zero-order valence-corrected chi connectivity index (χ0v) is 14.4. The minimum absolute atomic E-state index is 0.0344. The molecule has 1 unspecified atom stereocenters. The molecule has 6 heteroatoms. The van der Waals surface area contributed by atoms with Gasteiger partial charge in [0.15, 0.2) is 0 Å². The molecule has 1 aliphatic carbocycles. The highest BCUT2D eigenvalue weighted by atomic mass is 16.6. The second-order valence-corrected chi connectivity index (χ2v) is 7.52. The lowest BCUT2D eigenvalue weighted by Crippen LogP contribution is -2.55. The molecular weight excluding hydrogens is 308 g/mol. The fourth-order valence-electron chi connectivity index (χ4n) is 2.83. The van der Waals surface area contributed by atoms with Gasteiger partial charge in [0.2, 0.25) is 0 Å². The van der Waals surface area contributed by atoms with Crippen LogP contribution >= 0.6 is 0 Å². The van der Waals surface area contributed by atoms with Gasteiger partial charge in [-0.15, -0.1) is 0 Å². The van der Waals surface area contributed by atoms with Crippen molar-refractivity contribution in [1.29, 1.82) is 0 Å². The van der Waals surface area contributed by atoms with E-state index in [2.05, 4.69) is 4.98 Å². The summed E-state index contributed by atoms with van der Waals surface area (Å²) < 4.78 is 11.2. The monoisotopic (exact) mass is 332 g/mol. The van der Waals surface area contributed by atoms with Crippen molar-refractivity contribution in [2.75, 3.05) is 13.2 Å². The number of ether oxygens (including phenoxy) is 2. The number of aldehydes is 1. The van der Waals surface area contributed by atoms with Crippen molar-refractivity contribution in [1.82, 2.24) is 9.88 Å². The fourth-order valence-corrected chi connectivity index (χ4v) is 2.83. The van der Waals surface area contributed by atoms with E-state index >= 15 is 0 Å². The number of nitrogens with zero attached hydrogens (tertiary/aromatic N) is 2. The minimum atomic E-state index is -0.490. The molecule has 1 saturated heterocycles. The number of hydrogen-bond acceptors (Lipinski definition) is 5. The number of aromatic nitrogens is 1. The molecule has 2 fully saturated rings. The quantitative estimate of drug-likeness (QED) is 0.776. The molecule has 1 aliphatic heterocycles. The first-order chi connectivity index (χ1) is 11.4. The van der Waals surface area contributed by atoms with Gasteiger partial charge in [-0.05, 0) is 51.2 Å². The maximum Gasteiger partial charge on any atom is 0.410 e. The zero-order valence-electron chi connectivity index (χ0n) is 14.4. The van der Waals surface area contributed by atoms with Crippen LogP contribution in [-0.2, 0) is 9.53 Å². The lowest BCUT2D eigenvalue weighted by Gasteiger charge is -2.40. The van der Waals surface area contributed by atoms with E-state index in [1.54, 1.807) is 17.3 Å².